The highest BCUT2D eigenvalue weighted by molar-refractivity contribution is 5.96. The van der Waals surface area contributed by atoms with Gasteiger partial charge in [-0.15, -0.1) is 0 Å². The summed E-state index contributed by atoms with van der Waals surface area (Å²) >= 11 is 0. The van der Waals surface area contributed by atoms with Crippen molar-refractivity contribution in [2.24, 2.45) is 5.73 Å². The third-order valence-corrected chi connectivity index (χ3v) is 2.14. The fourth-order valence-corrected chi connectivity index (χ4v) is 1.25. The van der Waals surface area contributed by atoms with Crippen LogP contribution < -0.4 is 16.4 Å². The summed E-state index contributed by atoms with van der Waals surface area (Å²) in [7, 11) is 0. The minimum absolute atomic E-state index is 0.217. The lowest BCUT2D eigenvalue weighted by atomic mass is 10.2. The summed E-state index contributed by atoms with van der Waals surface area (Å²) in [6.07, 6.45) is 0. The van der Waals surface area contributed by atoms with Gasteiger partial charge < -0.3 is 26.6 Å². The molecule has 1 aromatic carbocycles. The Morgan fingerprint density at radius 3 is 2.42 bits per heavy atom. The van der Waals surface area contributed by atoms with Gasteiger partial charge in [-0.05, 0) is 12.1 Å². The molecule has 6 N–H and O–H groups in total. The van der Waals surface area contributed by atoms with Gasteiger partial charge in [-0.1, -0.05) is 0 Å². The van der Waals surface area contributed by atoms with E-state index in [1.807, 2.05) is 0 Å². The van der Waals surface area contributed by atoms with Crippen molar-refractivity contribution in [3.63, 3.8) is 0 Å². The number of carbonyl (C=O) groups excluding carboxylic acids is 2. The summed E-state index contributed by atoms with van der Waals surface area (Å²) < 4.78 is 0. The Kier molecular flexibility index (Phi) is 4.84. The van der Waals surface area contributed by atoms with Crippen LogP contribution in [0.4, 0.5) is 5.69 Å². The van der Waals surface area contributed by atoms with Crippen molar-refractivity contribution < 1.29 is 24.6 Å². The molecule has 0 fully saturated rings. The number of aromatic hydroxyl groups is 1. The molecule has 1 rings (SSSR count). The van der Waals surface area contributed by atoms with E-state index in [2.05, 4.69) is 10.6 Å². The maximum atomic E-state index is 11.4. The maximum absolute atomic E-state index is 11.4. The summed E-state index contributed by atoms with van der Waals surface area (Å²) in [5.41, 5.74) is 4.99. The predicted octanol–water partition coefficient (Wildman–Crippen LogP) is -0.896. The first-order chi connectivity index (χ1) is 8.93. The van der Waals surface area contributed by atoms with E-state index >= 15 is 0 Å². The number of amides is 2. The zero-order chi connectivity index (χ0) is 14.4. The number of hydrogen-bond acceptors (Lipinski definition) is 5. The van der Waals surface area contributed by atoms with Gasteiger partial charge in [0.25, 0.3) is 0 Å². The van der Waals surface area contributed by atoms with Crippen molar-refractivity contribution in [2.75, 3.05) is 18.4 Å². The Labute approximate surface area is 108 Å². The smallest absolute Gasteiger partial charge is 0.339 e. The number of carboxylic acids is 1. The summed E-state index contributed by atoms with van der Waals surface area (Å²) in [5, 5.41) is 22.8. The van der Waals surface area contributed by atoms with Gasteiger partial charge in [0.05, 0.1) is 13.1 Å². The van der Waals surface area contributed by atoms with Crippen molar-refractivity contribution >= 4 is 23.5 Å². The second-order valence-corrected chi connectivity index (χ2v) is 3.57. The highest BCUT2D eigenvalue weighted by atomic mass is 16.4. The standard InChI is InChI=1S/C11H13N3O5/c12-4-9(16)13-5-10(17)14-6-1-2-7(11(18)19)8(15)3-6/h1-3,15H,4-5,12H2,(H,13,16)(H,14,17)(H,18,19). The summed E-state index contributed by atoms with van der Waals surface area (Å²) in [6.45, 7) is -0.487. The summed E-state index contributed by atoms with van der Waals surface area (Å²) in [5.74, 6) is -2.73. The Morgan fingerprint density at radius 2 is 1.89 bits per heavy atom. The number of hydrogen-bond donors (Lipinski definition) is 5. The van der Waals surface area contributed by atoms with Crippen LogP contribution in [0, 0.1) is 0 Å². The van der Waals surface area contributed by atoms with Gasteiger partial charge in [-0.2, -0.15) is 0 Å². The average molecular weight is 267 g/mol. The molecule has 0 radical (unpaired) electrons. The molecule has 0 spiro atoms. The number of carboxylic acid groups (broad SMARTS) is 1. The quantitative estimate of drug-likeness (QED) is 0.468. The number of rotatable bonds is 5. The highest BCUT2D eigenvalue weighted by Crippen LogP contribution is 2.21. The van der Waals surface area contributed by atoms with Crippen molar-refractivity contribution in [2.45, 2.75) is 0 Å². The van der Waals surface area contributed by atoms with E-state index in [4.69, 9.17) is 10.8 Å². The normalized spacial score (nSPS) is 9.74. The summed E-state index contributed by atoms with van der Waals surface area (Å²) in [4.78, 5) is 32.9. The minimum atomic E-state index is -1.27. The zero-order valence-electron chi connectivity index (χ0n) is 9.84. The van der Waals surface area contributed by atoms with Gasteiger partial charge in [-0.3, -0.25) is 9.59 Å². The van der Waals surface area contributed by atoms with E-state index in [1.165, 1.54) is 6.07 Å². The molecule has 102 valence electrons. The molecule has 0 atom stereocenters. The van der Waals surface area contributed by atoms with Crippen LogP contribution in [0.3, 0.4) is 0 Å². The summed E-state index contributed by atoms with van der Waals surface area (Å²) in [6, 6.07) is 3.59. The molecule has 0 bridgehead atoms. The van der Waals surface area contributed by atoms with Gasteiger partial charge in [0.15, 0.2) is 0 Å². The van der Waals surface area contributed by atoms with Crippen molar-refractivity contribution in [1.82, 2.24) is 5.32 Å². The fourth-order valence-electron chi connectivity index (χ4n) is 1.25. The van der Waals surface area contributed by atoms with Crippen LogP contribution in [-0.4, -0.2) is 41.1 Å². The number of benzene rings is 1. The molecule has 0 aromatic heterocycles. The first kappa shape index (κ1) is 14.5. The Hall–Kier alpha value is -2.61. The molecular formula is C11H13N3O5. The molecule has 0 aliphatic rings. The third-order valence-electron chi connectivity index (χ3n) is 2.14. The van der Waals surface area contributed by atoms with Crippen molar-refractivity contribution in [1.29, 1.82) is 0 Å². The number of aromatic carboxylic acids is 1. The molecule has 0 saturated carbocycles. The maximum Gasteiger partial charge on any atom is 0.339 e. The van der Waals surface area contributed by atoms with Crippen molar-refractivity contribution in [3.05, 3.63) is 23.8 Å². The van der Waals surface area contributed by atoms with Crippen LogP contribution in [0.2, 0.25) is 0 Å². The zero-order valence-corrected chi connectivity index (χ0v) is 9.84. The van der Waals surface area contributed by atoms with Crippen LogP contribution >= 0.6 is 0 Å². The fraction of sp³-hybridized carbons (Fsp3) is 0.182. The number of nitrogens with one attached hydrogen (secondary N) is 2. The molecule has 0 aliphatic heterocycles. The van der Waals surface area contributed by atoms with E-state index in [-0.39, 0.29) is 24.3 Å². The second kappa shape index (κ2) is 6.36. The van der Waals surface area contributed by atoms with Crippen LogP contribution in [-0.2, 0) is 9.59 Å². The first-order valence-electron chi connectivity index (χ1n) is 5.27. The lowest BCUT2D eigenvalue weighted by Gasteiger charge is -2.07. The highest BCUT2D eigenvalue weighted by Gasteiger charge is 2.11. The predicted molar refractivity (Wildman–Crippen MR) is 65.8 cm³/mol. The lowest BCUT2D eigenvalue weighted by Crippen LogP contribution is -2.36. The Bertz CT molecular complexity index is 515. The molecule has 0 heterocycles. The van der Waals surface area contributed by atoms with Crippen LogP contribution in [0.5, 0.6) is 5.75 Å². The van der Waals surface area contributed by atoms with E-state index in [1.54, 1.807) is 0 Å². The van der Waals surface area contributed by atoms with E-state index in [0.29, 0.717) is 0 Å². The number of anilines is 1. The number of nitrogens with two attached hydrogens (primary N) is 1. The molecule has 0 saturated heterocycles. The Balaban J connectivity index is 2.63. The SMILES string of the molecule is NCC(=O)NCC(=O)Nc1ccc(C(=O)O)c(O)c1. The molecule has 0 aliphatic carbocycles. The van der Waals surface area contributed by atoms with Crippen LogP contribution in [0.15, 0.2) is 18.2 Å². The molecule has 8 nitrogen and oxygen atoms in total. The number of carbonyl (C=O) groups is 3. The molecule has 8 heteroatoms. The van der Waals surface area contributed by atoms with E-state index in [0.717, 1.165) is 12.1 Å². The average Bonchev–Trinajstić information content (AvgIpc) is 2.35. The third kappa shape index (κ3) is 4.28. The molecular weight excluding hydrogens is 254 g/mol. The van der Waals surface area contributed by atoms with Crippen LogP contribution in [0.25, 0.3) is 0 Å². The van der Waals surface area contributed by atoms with Crippen LogP contribution in [0.1, 0.15) is 10.4 Å². The molecule has 1 aromatic rings. The molecule has 0 unspecified atom stereocenters. The minimum Gasteiger partial charge on any atom is -0.507 e. The number of phenols is 1. The van der Waals surface area contributed by atoms with Gasteiger partial charge in [-0.25, -0.2) is 4.79 Å². The molecule has 19 heavy (non-hydrogen) atoms. The van der Waals surface area contributed by atoms with Crippen molar-refractivity contribution in [3.8, 4) is 5.75 Å². The van der Waals surface area contributed by atoms with E-state index < -0.39 is 23.5 Å². The van der Waals surface area contributed by atoms with Gasteiger partial charge in [0, 0.05) is 11.8 Å². The van der Waals surface area contributed by atoms with E-state index in [9.17, 15) is 19.5 Å². The largest absolute Gasteiger partial charge is 0.507 e. The molecule has 2 amide bonds. The topological polar surface area (TPSA) is 142 Å². The second-order valence-electron chi connectivity index (χ2n) is 3.57. The monoisotopic (exact) mass is 267 g/mol. The Morgan fingerprint density at radius 1 is 1.21 bits per heavy atom. The van der Waals surface area contributed by atoms with Gasteiger partial charge >= 0.3 is 5.97 Å². The van der Waals surface area contributed by atoms with Gasteiger partial charge in [0.2, 0.25) is 11.8 Å². The lowest BCUT2D eigenvalue weighted by molar-refractivity contribution is -0.123. The van der Waals surface area contributed by atoms with Gasteiger partial charge in [0.1, 0.15) is 11.3 Å². The first-order valence-corrected chi connectivity index (χ1v) is 5.27.